The first kappa shape index (κ1) is 12.2. The molecule has 1 unspecified atom stereocenters. The van der Waals surface area contributed by atoms with E-state index in [0.717, 1.165) is 22.8 Å². The summed E-state index contributed by atoms with van der Waals surface area (Å²) in [6.45, 7) is 0.812. The first-order valence-electron chi connectivity index (χ1n) is 4.58. The van der Waals surface area contributed by atoms with Crippen LogP contribution in [-0.4, -0.2) is 19.0 Å². The normalized spacial score (nSPS) is 12.8. The van der Waals surface area contributed by atoms with Crippen LogP contribution in [0.15, 0.2) is 28.7 Å². The lowest BCUT2D eigenvalue weighted by Crippen LogP contribution is -2.03. The maximum absolute atomic E-state index is 5.09. The molecule has 78 valence electrons. The minimum Gasteiger partial charge on any atom is -0.385 e. The van der Waals surface area contributed by atoms with Gasteiger partial charge in [0.25, 0.3) is 0 Å². The SMILES string of the molecule is COCCC(CBr)c1ccc(Br)cc1. The summed E-state index contributed by atoms with van der Waals surface area (Å²) in [7, 11) is 1.74. The van der Waals surface area contributed by atoms with Crippen LogP contribution >= 0.6 is 31.9 Å². The van der Waals surface area contributed by atoms with Gasteiger partial charge in [-0.25, -0.2) is 0 Å². The van der Waals surface area contributed by atoms with Crippen molar-refractivity contribution in [2.45, 2.75) is 12.3 Å². The highest BCUT2D eigenvalue weighted by molar-refractivity contribution is 9.10. The number of hydrogen-bond acceptors (Lipinski definition) is 1. The quantitative estimate of drug-likeness (QED) is 0.746. The van der Waals surface area contributed by atoms with Crippen LogP contribution in [0.2, 0.25) is 0 Å². The van der Waals surface area contributed by atoms with Gasteiger partial charge in [-0.15, -0.1) is 0 Å². The van der Waals surface area contributed by atoms with Gasteiger partial charge in [0.15, 0.2) is 0 Å². The lowest BCUT2D eigenvalue weighted by atomic mass is 9.98. The molecule has 0 aromatic heterocycles. The summed E-state index contributed by atoms with van der Waals surface area (Å²) in [5.41, 5.74) is 1.36. The molecule has 0 saturated carbocycles. The highest BCUT2D eigenvalue weighted by atomic mass is 79.9. The van der Waals surface area contributed by atoms with Crippen molar-refractivity contribution in [3.63, 3.8) is 0 Å². The number of ether oxygens (including phenoxy) is 1. The number of benzene rings is 1. The van der Waals surface area contributed by atoms with Crippen molar-refractivity contribution in [2.75, 3.05) is 19.0 Å². The number of alkyl halides is 1. The molecule has 0 spiro atoms. The molecule has 1 rings (SSSR count). The maximum atomic E-state index is 5.09. The Morgan fingerprint density at radius 2 is 1.93 bits per heavy atom. The second-order valence-electron chi connectivity index (χ2n) is 3.18. The summed E-state index contributed by atoms with van der Waals surface area (Å²) >= 11 is 6.97. The standard InChI is InChI=1S/C11H14Br2O/c1-14-7-6-10(8-12)9-2-4-11(13)5-3-9/h2-5,10H,6-8H2,1H3. The topological polar surface area (TPSA) is 9.23 Å². The Morgan fingerprint density at radius 1 is 1.29 bits per heavy atom. The summed E-state index contributed by atoms with van der Waals surface area (Å²) in [5.74, 6) is 0.544. The zero-order chi connectivity index (χ0) is 10.4. The number of halogens is 2. The molecular formula is C11H14Br2O. The fourth-order valence-electron chi connectivity index (χ4n) is 1.33. The maximum Gasteiger partial charge on any atom is 0.0468 e. The Hall–Kier alpha value is 0.140. The summed E-state index contributed by atoms with van der Waals surface area (Å²) < 4.78 is 6.22. The van der Waals surface area contributed by atoms with E-state index in [2.05, 4.69) is 56.1 Å². The summed E-state index contributed by atoms with van der Waals surface area (Å²) in [4.78, 5) is 0. The van der Waals surface area contributed by atoms with Crippen LogP contribution in [0.4, 0.5) is 0 Å². The third-order valence-corrected chi connectivity index (χ3v) is 3.51. The van der Waals surface area contributed by atoms with Crippen LogP contribution in [0, 0.1) is 0 Å². The molecule has 1 aromatic carbocycles. The number of hydrogen-bond donors (Lipinski definition) is 0. The Kier molecular flexibility index (Phi) is 5.75. The minimum absolute atomic E-state index is 0.544. The van der Waals surface area contributed by atoms with Crippen LogP contribution in [0.5, 0.6) is 0 Å². The zero-order valence-corrected chi connectivity index (χ0v) is 11.3. The lowest BCUT2D eigenvalue weighted by molar-refractivity contribution is 0.190. The average Bonchev–Trinajstić information content (AvgIpc) is 2.21. The number of methoxy groups -OCH3 is 1. The third-order valence-electron chi connectivity index (χ3n) is 2.20. The molecule has 0 radical (unpaired) electrons. The lowest BCUT2D eigenvalue weighted by Gasteiger charge is -2.13. The number of rotatable bonds is 5. The van der Waals surface area contributed by atoms with E-state index in [1.54, 1.807) is 7.11 Å². The van der Waals surface area contributed by atoms with Gasteiger partial charge in [-0.3, -0.25) is 0 Å². The molecule has 0 aliphatic heterocycles. The van der Waals surface area contributed by atoms with E-state index in [-0.39, 0.29) is 0 Å². The molecule has 3 heteroatoms. The van der Waals surface area contributed by atoms with Crippen molar-refractivity contribution in [2.24, 2.45) is 0 Å². The van der Waals surface area contributed by atoms with Crippen LogP contribution < -0.4 is 0 Å². The van der Waals surface area contributed by atoms with E-state index in [9.17, 15) is 0 Å². The molecular weight excluding hydrogens is 308 g/mol. The molecule has 14 heavy (non-hydrogen) atoms. The van der Waals surface area contributed by atoms with Gasteiger partial charge in [-0.05, 0) is 30.0 Å². The summed E-state index contributed by atoms with van der Waals surface area (Å²) in [6.07, 6.45) is 1.06. The largest absolute Gasteiger partial charge is 0.385 e. The van der Waals surface area contributed by atoms with E-state index in [4.69, 9.17) is 4.74 Å². The van der Waals surface area contributed by atoms with Crippen LogP contribution in [0.3, 0.4) is 0 Å². The van der Waals surface area contributed by atoms with E-state index in [0.29, 0.717) is 5.92 Å². The molecule has 1 aromatic rings. The van der Waals surface area contributed by atoms with Crippen molar-refractivity contribution < 1.29 is 4.74 Å². The Morgan fingerprint density at radius 3 is 2.43 bits per heavy atom. The predicted molar refractivity (Wildman–Crippen MR) is 67.2 cm³/mol. The molecule has 0 heterocycles. The predicted octanol–water partition coefficient (Wildman–Crippen LogP) is 3.96. The average molecular weight is 322 g/mol. The first-order chi connectivity index (χ1) is 6.77. The molecule has 1 nitrogen and oxygen atoms in total. The fourth-order valence-corrected chi connectivity index (χ4v) is 2.29. The van der Waals surface area contributed by atoms with Crippen molar-refractivity contribution >= 4 is 31.9 Å². The van der Waals surface area contributed by atoms with Crippen LogP contribution in [0.1, 0.15) is 17.9 Å². The van der Waals surface area contributed by atoms with Crippen molar-refractivity contribution in [3.8, 4) is 0 Å². The van der Waals surface area contributed by atoms with E-state index in [1.165, 1.54) is 5.56 Å². The summed E-state index contributed by atoms with van der Waals surface area (Å²) in [6, 6.07) is 8.48. The van der Waals surface area contributed by atoms with Crippen molar-refractivity contribution in [3.05, 3.63) is 34.3 Å². The fraction of sp³-hybridized carbons (Fsp3) is 0.455. The van der Waals surface area contributed by atoms with Gasteiger partial charge in [-0.1, -0.05) is 44.0 Å². The van der Waals surface area contributed by atoms with Crippen molar-refractivity contribution in [1.29, 1.82) is 0 Å². The third kappa shape index (κ3) is 3.71. The van der Waals surface area contributed by atoms with Crippen molar-refractivity contribution in [1.82, 2.24) is 0 Å². The molecule has 0 saturated heterocycles. The van der Waals surface area contributed by atoms with Gasteiger partial charge in [-0.2, -0.15) is 0 Å². The zero-order valence-electron chi connectivity index (χ0n) is 8.17. The van der Waals surface area contributed by atoms with E-state index < -0.39 is 0 Å². The molecule has 0 bridgehead atoms. The van der Waals surface area contributed by atoms with Crippen LogP contribution in [-0.2, 0) is 4.74 Å². The Labute approximate surface area is 102 Å². The van der Waals surface area contributed by atoms with Gasteiger partial charge < -0.3 is 4.74 Å². The Bertz CT molecular complexity index is 258. The monoisotopic (exact) mass is 320 g/mol. The van der Waals surface area contributed by atoms with E-state index >= 15 is 0 Å². The highest BCUT2D eigenvalue weighted by Gasteiger charge is 2.09. The second-order valence-corrected chi connectivity index (χ2v) is 4.75. The first-order valence-corrected chi connectivity index (χ1v) is 6.49. The minimum atomic E-state index is 0.544. The van der Waals surface area contributed by atoms with Gasteiger partial charge >= 0.3 is 0 Å². The molecule has 0 aliphatic rings. The van der Waals surface area contributed by atoms with Gasteiger partial charge in [0.05, 0.1) is 0 Å². The second kappa shape index (κ2) is 6.59. The van der Waals surface area contributed by atoms with Gasteiger partial charge in [0, 0.05) is 23.5 Å². The molecule has 1 atom stereocenters. The molecule has 0 N–H and O–H groups in total. The summed E-state index contributed by atoms with van der Waals surface area (Å²) in [5, 5.41) is 0.984. The highest BCUT2D eigenvalue weighted by Crippen LogP contribution is 2.23. The smallest absolute Gasteiger partial charge is 0.0468 e. The van der Waals surface area contributed by atoms with Gasteiger partial charge in [0.2, 0.25) is 0 Å². The Balaban J connectivity index is 2.64. The molecule has 0 fully saturated rings. The molecule has 0 aliphatic carbocycles. The van der Waals surface area contributed by atoms with Crippen LogP contribution in [0.25, 0.3) is 0 Å². The van der Waals surface area contributed by atoms with Gasteiger partial charge in [0.1, 0.15) is 0 Å². The van der Waals surface area contributed by atoms with E-state index in [1.807, 2.05) is 0 Å². The molecule has 0 amide bonds.